The van der Waals surface area contributed by atoms with Crippen molar-refractivity contribution in [2.45, 2.75) is 0 Å². The summed E-state index contributed by atoms with van der Waals surface area (Å²) in [6, 6.07) is 5.16. The predicted molar refractivity (Wildman–Crippen MR) is 91.4 cm³/mol. The van der Waals surface area contributed by atoms with Gasteiger partial charge in [-0.2, -0.15) is 0 Å². The van der Waals surface area contributed by atoms with Gasteiger partial charge in [0, 0.05) is 24.3 Å². The summed E-state index contributed by atoms with van der Waals surface area (Å²) in [6.07, 6.45) is 1.60. The van der Waals surface area contributed by atoms with Crippen LogP contribution in [-0.2, 0) is 11.8 Å². The number of carbonyl (C=O) groups is 1. The molecule has 0 amide bonds. The number of ether oxygens (including phenoxy) is 1. The molecule has 0 bridgehead atoms. The largest absolute Gasteiger partial charge is 0.497 e. The molecule has 2 N–H and O–H groups in total. The Morgan fingerprint density at radius 1 is 1.48 bits per heavy atom. The lowest BCUT2D eigenvalue weighted by atomic mass is 10.0. The fourth-order valence-electron chi connectivity index (χ4n) is 2.26. The average molecular weight is 348 g/mol. The van der Waals surface area contributed by atoms with Gasteiger partial charge in [0.05, 0.1) is 17.7 Å². The zero-order valence-electron chi connectivity index (χ0n) is 12.2. The summed E-state index contributed by atoms with van der Waals surface area (Å²) >= 11 is 6.33. The Labute approximate surface area is 140 Å². The Bertz CT molecular complexity index is 937. The van der Waals surface area contributed by atoms with Gasteiger partial charge in [-0.3, -0.25) is 4.57 Å². The second-order valence-corrected chi connectivity index (χ2v) is 6.50. The standard InChI is InChI=1S/C15H12N2O4S2/c1-17-13(18)11(23-15(17)22)6-9-8-4-3-7(21-2)5-10(8)16-12(9)14(19)20/h3-6,18H,1-2H3,(H,19,20). The maximum Gasteiger partial charge on any atom is 0.355 e. The lowest BCUT2D eigenvalue weighted by Crippen LogP contribution is -2.11. The molecule has 8 heteroatoms. The highest BCUT2D eigenvalue weighted by Gasteiger charge is 2.27. The molecule has 0 radical (unpaired) electrons. The molecule has 2 aromatic rings. The van der Waals surface area contributed by atoms with Crippen molar-refractivity contribution in [3.63, 3.8) is 0 Å². The molecule has 2 heterocycles. The van der Waals surface area contributed by atoms with Crippen LogP contribution in [0.1, 0.15) is 10.4 Å². The minimum absolute atomic E-state index is 0.000740. The number of hydrogen-bond acceptors (Lipinski definition) is 6. The summed E-state index contributed by atoms with van der Waals surface area (Å²) < 4.78 is 7.10. The Kier molecular flexibility index (Phi) is 3.78. The van der Waals surface area contributed by atoms with Gasteiger partial charge in [0.2, 0.25) is 5.88 Å². The van der Waals surface area contributed by atoms with E-state index in [1.165, 1.54) is 23.0 Å². The van der Waals surface area contributed by atoms with Gasteiger partial charge >= 0.3 is 5.97 Å². The van der Waals surface area contributed by atoms with Crippen molar-refractivity contribution in [3.05, 3.63) is 32.6 Å². The molecular formula is C15H12N2O4S2. The molecule has 0 spiro atoms. The number of fused-ring (bicyclic) bond motifs is 1. The fraction of sp³-hybridized carbons (Fsp3) is 0.133. The molecular weight excluding hydrogens is 336 g/mol. The van der Waals surface area contributed by atoms with Gasteiger partial charge in [-0.15, -0.1) is 11.3 Å². The third kappa shape index (κ3) is 2.55. The Morgan fingerprint density at radius 3 is 2.78 bits per heavy atom. The van der Waals surface area contributed by atoms with Gasteiger partial charge in [0.15, 0.2) is 9.67 Å². The highest BCUT2D eigenvalue weighted by Crippen LogP contribution is 2.40. The van der Waals surface area contributed by atoms with E-state index in [0.29, 0.717) is 31.4 Å². The number of methoxy groups -OCH3 is 1. The van der Waals surface area contributed by atoms with Crippen LogP contribution in [0.15, 0.2) is 23.2 Å². The van der Waals surface area contributed by atoms with Crippen LogP contribution in [0.3, 0.4) is 0 Å². The summed E-state index contributed by atoms with van der Waals surface area (Å²) in [6.45, 7) is 0. The van der Waals surface area contributed by atoms with Crippen LogP contribution in [0.25, 0.3) is 11.6 Å². The van der Waals surface area contributed by atoms with Gasteiger partial charge in [0.1, 0.15) is 5.75 Å². The number of aromatic hydroxyl groups is 1. The zero-order valence-corrected chi connectivity index (χ0v) is 13.9. The first kappa shape index (κ1) is 15.4. The van der Waals surface area contributed by atoms with Crippen molar-refractivity contribution >= 4 is 52.6 Å². The Morgan fingerprint density at radius 2 is 2.22 bits per heavy atom. The smallest absolute Gasteiger partial charge is 0.355 e. The monoisotopic (exact) mass is 348 g/mol. The summed E-state index contributed by atoms with van der Waals surface area (Å²) in [7, 11) is 3.18. The molecule has 0 aliphatic carbocycles. The SMILES string of the molecule is COc1ccc2c(c1)N=C(C(=O)O)C2=Cc1sc(=S)n(C)c1O. The van der Waals surface area contributed by atoms with Crippen molar-refractivity contribution in [1.29, 1.82) is 0 Å². The van der Waals surface area contributed by atoms with Crippen LogP contribution in [0, 0.1) is 3.95 Å². The molecule has 0 fully saturated rings. The van der Waals surface area contributed by atoms with E-state index >= 15 is 0 Å². The maximum absolute atomic E-state index is 11.5. The first-order chi connectivity index (χ1) is 10.9. The Hall–Kier alpha value is -2.45. The Balaban J connectivity index is 2.20. The third-order valence-electron chi connectivity index (χ3n) is 3.47. The van der Waals surface area contributed by atoms with Crippen LogP contribution < -0.4 is 4.74 Å². The molecule has 6 nitrogen and oxygen atoms in total. The quantitative estimate of drug-likeness (QED) is 0.832. The number of carboxylic acids is 1. The molecule has 0 saturated carbocycles. The van der Waals surface area contributed by atoms with Crippen LogP contribution in [0.4, 0.5) is 5.69 Å². The molecule has 0 saturated heterocycles. The lowest BCUT2D eigenvalue weighted by molar-refractivity contribution is -0.129. The number of aromatic nitrogens is 1. The summed E-state index contributed by atoms with van der Waals surface area (Å²) in [4.78, 5) is 16.1. The topological polar surface area (TPSA) is 84.0 Å². The van der Waals surface area contributed by atoms with Crippen molar-refractivity contribution in [2.75, 3.05) is 7.11 Å². The zero-order chi connectivity index (χ0) is 16.7. The normalized spacial score (nSPS) is 14.7. The van der Waals surface area contributed by atoms with Gasteiger partial charge in [-0.05, 0) is 30.4 Å². The first-order valence-electron chi connectivity index (χ1n) is 6.53. The molecule has 1 aromatic heterocycles. The number of thiazole rings is 1. The second kappa shape index (κ2) is 5.64. The van der Waals surface area contributed by atoms with Crippen LogP contribution >= 0.6 is 23.6 Å². The van der Waals surface area contributed by atoms with Crippen molar-refractivity contribution < 1.29 is 19.7 Å². The van der Waals surface area contributed by atoms with Crippen LogP contribution in [-0.4, -0.2) is 33.6 Å². The third-order valence-corrected chi connectivity index (χ3v) is 4.96. The summed E-state index contributed by atoms with van der Waals surface area (Å²) in [5, 5.41) is 19.5. The fourth-order valence-corrected chi connectivity index (χ4v) is 3.43. The van der Waals surface area contributed by atoms with E-state index in [-0.39, 0.29) is 11.6 Å². The van der Waals surface area contributed by atoms with E-state index < -0.39 is 5.97 Å². The number of hydrogen-bond donors (Lipinski definition) is 2. The number of aliphatic imine (C=N–C) groups is 1. The molecule has 0 atom stereocenters. The molecule has 0 unspecified atom stereocenters. The van der Waals surface area contributed by atoms with Gasteiger partial charge < -0.3 is 14.9 Å². The van der Waals surface area contributed by atoms with Gasteiger partial charge in [-0.25, -0.2) is 9.79 Å². The van der Waals surface area contributed by atoms with Crippen LogP contribution in [0.2, 0.25) is 0 Å². The highest BCUT2D eigenvalue weighted by molar-refractivity contribution is 7.73. The molecule has 1 aliphatic rings. The molecule has 1 aromatic carbocycles. The number of rotatable bonds is 3. The van der Waals surface area contributed by atoms with E-state index in [2.05, 4.69) is 4.99 Å². The van der Waals surface area contributed by atoms with Crippen LogP contribution in [0.5, 0.6) is 11.6 Å². The second-order valence-electron chi connectivity index (χ2n) is 4.82. The molecule has 3 rings (SSSR count). The first-order valence-corrected chi connectivity index (χ1v) is 7.76. The van der Waals surface area contributed by atoms with Crippen molar-refractivity contribution in [3.8, 4) is 11.6 Å². The summed E-state index contributed by atoms with van der Waals surface area (Å²) in [5.74, 6) is -0.540. The predicted octanol–water partition coefficient (Wildman–Crippen LogP) is 3.24. The van der Waals surface area contributed by atoms with E-state index in [4.69, 9.17) is 17.0 Å². The molecule has 118 valence electrons. The highest BCUT2D eigenvalue weighted by atomic mass is 32.1. The number of carboxylic acid groups (broad SMARTS) is 1. The van der Waals surface area contributed by atoms with E-state index in [1.54, 1.807) is 31.3 Å². The van der Waals surface area contributed by atoms with Crippen molar-refractivity contribution in [1.82, 2.24) is 4.57 Å². The number of nitrogens with zero attached hydrogens (tertiary/aromatic N) is 2. The van der Waals surface area contributed by atoms with Crippen molar-refractivity contribution in [2.24, 2.45) is 12.0 Å². The number of benzene rings is 1. The number of aliphatic carboxylic acids is 1. The minimum atomic E-state index is -1.13. The molecule has 23 heavy (non-hydrogen) atoms. The minimum Gasteiger partial charge on any atom is -0.497 e. The van der Waals surface area contributed by atoms with Gasteiger partial charge in [0.25, 0.3) is 0 Å². The van der Waals surface area contributed by atoms with E-state index in [9.17, 15) is 15.0 Å². The average Bonchev–Trinajstić information content (AvgIpc) is 3.00. The lowest BCUT2D eigenvalue weighted by Gasteiger charge is -2.04. The maximum atomic E-state index is 11.5. The molecule has 1 aliphatic heterocycles. The summed E-state index contributed by atoms with van der Waals surface area (Å²) in [5.41, 5.74) is 1.55. The van der Waals surface area contributed by atoms with E-state index in [0.717, 1.165) is 0 Å². The van der Waals surface area contributed by atoms with E-state index in [1.807, 2.05) is 0 Å². The van der Waals surface area contributed by atoms with Gasteiger partial charge in [-0.1, -0.05) is 0 Å².